The Morgan fingerprint density at radius 3 is 2.58 bits per heavy atom. The van der Waals surface area contributed by atoms with E-state index in [4.69, 9.17) is 11.6 Å². The highest BCUT2D eigenvalue weighted by Crippen LogP contribution is 2.25. The molecule has 0 spiro atoms. The zero-order valence-electron chi connectivity index (χ0n) is 5.49. The molecule has 0 fully saturated rings. The van der Waals surface area contributed by atoms with Crippen molar-refractivity contribution in [2.75, 3.05) is 0 Å². The fraction of sp³-hybridized carbons (Fsp3) is 0.167. The third-order valence-corrected chi connectivity index (χ3v) is 2.25. The lowest BCUT2D eigenvalue weighted by atomic mass is 10.3. The van der Waals surface area contributed by atoms with Crippen LogP contribution in [-0.4, -0.2) is 4.98 Å². The first kappa shape index (κ1) is 10.0. The second-order valence-corrected chi connectivity index (χ2v) is 3.50. The van der Waals surface area contributed by atoms with Gasteiger partial charge in [0.15, 0.2) is 0 Å². The predicted molar refractivity (Wildman–Crippen MR) is 46.9 cm³/mol. The van der Waals surface area contributed by atoms with Gasteiger partial charge in [-0.05, 0) is 28.7 Å². The minimum atomic E-state index is -2.77. The molecule has 12 heavy (non-hydrogen) atoms. The first-order valence-corrected chi connectivity index (χ1v) is 4.27. The van der Waals surface area contributed by atoms with Gasteiger partial charge in [-0.15, -0.1) is 0 Å². The summed E-state index contributed by atoms with van der Waals surface area (Å²) in [6, 6.07) is 1.12. The molecule has 0 N–H and O–H groups in total. The van der Waals surface area contributed by atoms with Gasteiger partial charge in [-0.2, -0.15) is 4.39 Å². The van der Waals surface area contributed by atoms with Gasteiger partial charge in [0.25, 0.3) is 6.43 Å². The molecule has 0 aromatic carbocycles. The molecular weight excluding hydrogens is 305 g/mol. The standard InChI is InChI=1S/C6H2ClF3IN/c7-2-1-3(11)4(5(8)9)12-6(2)10/h1,5H. The van der Waals surface area contributed by atoms with Gasteiger partial charge in [-0.3, -0.25) is 0 Å². The molecule has 0 aliphatic carbocycles. The largest absolute Gasteiger partial charge is 0.281 e. The molecule has 1 rings (SSSR count). The van der Waals surface area contributed by atoms with E-state index in [1.165, 1.54) is 0 Å². The van der Waals surface area contributed by atoms with E-state index < -0.39 is 18.1 Å². The van der Waals surface area contributed by atoms with E-state index >= 15 is 0 Å². The Balaban J connectivity index is 3.23. The Kier molecular flexibility index (Phi) is 3.16. The molecule has 6 heteroatoms. The topological polar surface area (TPSA) is 12.9 Å². The molecule has 1 nitrogen and oxygen atoms in total. The molecule has 0 unspecified atom stereocenters. The molecule has 0 amide bonds. The third kappa shape index (κ3) is 2.01. The van der Waals surface area contributed by atoms with Crippen molar-refractivity contribution in [2.45, 2.75) is 6.43 Å². The summed E-state index contributed by atoms with van der Waals surface area (Å²) in [7, 11) is 0. The first-order chi connectivity index (χ1) is 5.52. The van der Waals surface area contributed by atoms with Crippen LogP contribution in [0.2, 0.25) is 5.02 Å². The maximum absolute atomic E-state index is 12.5. The maximum Gasteiger partial charge on any atom is 0.281 e. The lowest BCUT2D eigenvalue weighted by Crippen LogP contribution is -1.97. The van der Waals surface area contributed by atoms with Gasteiger partial charge in [0.1, 0.15) is 5.69 Å². The average molecular weight is 307 g/mol. The van der Waals surface area contributed by atoms with Crippen LogP contribution in [0.5, 0.6) is 0 Å². The van der Waals surface area contributed by atoms with Crippen LogP contribution in [0.4, 0.5) is 13.2 Å². The SMILES string of the molecule is Fc1nc(C(F)F)c(I)cc1Cl. The van der Waals surface area contributed by atoms with E-state index in [-0.39, 0.29) is 8.59 Å². The van der Waals surface area contributed by atoms with E-state index in [1.54, 1.807) is 22.6 Å². The van der Waals surface area contributed by atoms with Crippen LogP contribution in [0, 0.1) is 9.52 Å². The fourth-order valence-electron chi connectivity index (χ4n) is 0.610. The van der Waals surface area contributed by atoms with Crippen LogP contribution >= 0.6 is 34.2 Å². The molecule has 0 aliphatic heterocycles. The minimum Gasteiger partial charge on any atom is -0.216 e. The molecule has 0 atom stereocenters. The van der Waals surface area contributed by atoms with Crippen LogP contribution in [0.25, 0.3) is 0 Å². The number of pyridine rings is 1. The first-order valence-electron chi connectivity index (χ1n) is 2.82. The summed E-state index contributed by atoms with van der Waals surface area (Å²) in [6.07, 6.45) is -2.77. The van der Waals surface area contributed by atoms with Crippen LogP contribution in [0.15, 0.2) is 6.07 Å². The van der Waals surface area contributed by atoms with Crippen molar-refractivity contribution < 1.29 is 13.2 Å². The summed E-state index contributed by atoms with van der Waals surface area (Å²) in [5.41, 5.74) is -0.572. The number of hydrogen-bond acceptors (Lipinski definition) is 1. The molecule has 1 heterocycles. The number of rotatable bonds is 1. The summed E-state index contributed by atoms with van der Waals surface area (Å²) >= 11 is 6.93. The number of halogens is 5. The van der Waals surface area contributed by atoms with Crippen molar-refractivity contribution in [1.29, 1.82) is 0 Å². The Labute approximate surface area is 85.1 Å². The molecule has 0 saturated carbocycles. The van der Waals surface area contributed by atoms with Crippen molar-refractivity contribution in [1.82, 2.24) is 4.98 Å². The molecule has 0 saturated heterocycles. The number of alkyl halides is 2. The molecule has 1 aromatic heterocycles. The highest BCUT2D eigenvalue weighted by molar-refractivity contribution is 14.1. The van der Waals surface area contributed by atoms with E-state index in [0.29, 0.717) is 0 Å². The van der Waals surface area contributed by atoms with Gasteiger partial charge in [0.05, 0.1) is 5.02 Å². The Morgan fingerprint density at radius 2 is 2.08 bits per heavy atom. The molecule has 66 valence electrons. The maximum atomic E-state index is 12.5. The van der Waals surface area contributed by atoms with Gasteiger partial charge < -0.3 is 0 Å². The summed E-state index contributed by atoms with van der Waals surface area (Å²) in [5, 5.41) is -0.246. The van der Waals surface area contributed by atoms with Crippen molar-refractivity contribution >= 4 is 34.2 Å². The predicted octanol–water partition coefficient (Wildman–Crippen LogP) is 3.42. The van der Waals surface area contributed by atoms with Crippen LogP contribution in [-0.2, 0) is 0 Å². The quantitative estimate of drug-likeness (QED) is 0.572. The van der Waals surface area contributed by atoms with Crippen LogP contribution in [0.3, 0.4) is 0 Å². The fourth-order valence-corrected chi connectivity index (χ4v) is 1.61. The lowest BCUT2D eigenvalue weighted by Gasteiger charge is -2.02. The summed E-state index contributed by atoms with van der Waals surface area (Å²) in [5.74, 6) is -1.06. The Morgan fingerprint density at radius 1 is 1.50 bits per heavy atom. The second kappa shape index (κ2) is 3.78. The van der Waals surface area contributed by atoms with E-state index in [9.17, 15) is 13.2 Å². The van der Waals surface area contributed by atoms with E-state index in [2.05, 4.69) is 4.98 Å². The number of aromatic nitrogens is 1. The Hall–Kier alpha value is -0.0400. The Bertz CT molecular complexity index is 305. The monoisotopic (exact) mass is 307 g/mol. The van der Waals surface area contributed by atoms with Gasteiger partial charge in [-0.1, -0.05) is 11.6 Å². The third-order valence-electron chi connectivity index (χ3n) is 1.12. The minimum absolute atomic E-state index is 0.161. The molecule has 1 aromatic rings. The smallest absolute Gasteiger partial charge is 0.216 e. The summed E-state index contributed by atoms with van der Waals surface area (Å²) in [6.45, 7) is 0. The zero-order chi connectivity index (χ0) is 9.30. The van der Waals surface area contributed by atoms with Crippen LogP contribution < -0.4 is 0 Å². The van der Waals surface area contributed by atoms with Gasteiger partial charge >= 0.3 is 0 Å². The highest BCUT2D eigenvalue weighted by atomic mass is 127. The molecular formula is C6H2ClF3IN. The van der Waals surface area contributed by atoms with E-state index in [0.717, 1.165) is 6.07 Å². The summed E-state index contributed by atoms with van der Waals surface area (Å²) in [4.78, 5) is 3.02. The zero-order valence-corrected chi connectivity index (χ0v) is 8.41. The second-order valence-electron chi connectivity index (χ2n) is 1.93. The highest BCUT2D eigenvalue weighted by Gasteiger charge is 2.16. The van der Waals surface area contributed by atoms with Crippen LogP contribution in [0.1, 0.15) is 12.1 Å². The van der Waals surface area contributed by atoms with Gasteiger partial charge in [-0.25, -0.2) is 13.8 Å². The lowest BCUT2D eigenvalue weighted by molar-refractivity contribution is 0.143. The van der Waals surface area contributed by atoms with E-state index in [1.807, 2.05) is 0 Å². The summed E-state index contributed by atoms with van der Waals surface area (Å²) < 4.78 is 36.8. The number of nitrogens with zero attached hydrogens (tertiary/aromatic N) is 1. The molecule has 0 radical (unpaired) electrons. The number of hydrogen-bond donors (Lipinski definition) is 0. The van der Waals surface area contributed by atoms with Gasteiger partial charge in [0, 0.05) is 3.57 Å². The van der Waals surface area contributed by atoms with Crippen molar-refractivity contribution in [3.63, 3.8) is 0 Å². The molecule has 0 bridgehead atoms. The normalized spacial score (nSPS) is 10.8. The van der Waals surface area contributed by atoms with Crippen molar-refractivity contribution in [3.8, 4) is 0 Å². The van der Waals surface area contributed by atoms with Crippen molar-refractivity contribution in [3.05, 3.63) is 26.3 Å². The average Bonchev–Trinajstić information content (AvgIpc) is 1.96. The van der Waals surface area contributed by atoms with Crippen molar-refractivity contribution in [2.24, 2.45) is 0 Å². The molecule has 0 aliphatic rings. The van der Waals surface area contributed by atoms with Gasteiger partial charge in [0.2, 0.25) is 5.95 Å².